The Morgan fingerprint density at radius 1 is 1.00 bits per heavy atom. The Labute approximate surface area is 106 Å². The molecular formula is C15H27O2. The van der Waals surface area contributed by atoms with Crippen LogP contribution in [0.4, 0.5) is 0 Å². The van der Waals surface area contributed by atoms with Crippen LogP contribution in [0.5, 0.6) is 0 Å². The Morgan fingerprint density at radius 2 is 1.65 bits per heavy atom. The maximum Gasteiger partial charge on any atom is 0.313 e. The van der Waals surface area contributed by atoms with Crippen molar-refractivity contribution < 1.29 is 9.53 Å². The van der Waals surface area contributed by atoms with Crippen molar-refractivity contribution in [3.8, 4) is 0 Å². The number of carbonyl (C=O) groups is 1. The van der Waals surface area contributed by atoms with Gasteiger partial charge in [-0.25, -0.2) is 0 Å². The lowest BCUT2D eigenvalue weighted by Gasteiger charge is -2.19. The molecule has 17 heavy (non-hydrogen) atoms. The molecule has 1 aliphatic carbocycles. The molecule has 1 fully saturated rings. The summed E-state index contributed by atoms with van der Waals surface area (Å²) in [4.78, 5) is 11.7. The first-order valence-electron chi connectivity index (χ1n) is 7.36. The molecule has 99 valence electrons. The van der Waals surface area contributed by atoms with Crippen molar-refractivity contribution in [3.63, 3.8) is 0 Å². The number of hydrogen-bond donors (Lipinski definition) is 0. The second-order valence-electron chi connectivity index (χ2n) is 5.07. The molecule has 0 saturated heterocycles. The molecule has 1 saturated carbocycles. The van der Waals surface area contributed by atoms with Gasteiger partial charge in [0.15, 0.2) is 0 Å². The van der Waals surface area contributed by atoms with Crippen molar-refractivity contribution in [2.45, 2.75) is 77.6 Å². The first kappa shape index (κ1) is 14.5. The van der Waals surface area contributed by atoms with Crippen molar-refractivity contribution in [2.75, 3.05) is 6.61 Å². The SMILES string of the molecule is CCCCCCCCOC(=O)[C]1CCCCC1. The number of esters is 1. The lowest BCUT2D eigenvalue weighted by molar-refractivity contribution is -0.142. The molecule has 1 rings (SSSR count). The standard InChI is InChI=1S/C15H27O2/c1-2-3-4-5-6-10-13-17-15(16)14-11-8-7-9-12-14/h2-13H2,1H3. The van der Waals surface area contributed by atoms with Gasteiger partial charge in [0.2, 0.25) is 0 Å². The Bertz CT molecular complexity index is 195. The van der Waals surface area contributed by atoms with Crippen LogP contribution < -0.4 is 0 Å². The quantitative estimate of drug-likeness (QED) is 0.462. The van der Waals surface area contributed by atoms with Gasteiger partial charge in [-0.05, 0) is 19.3 Å². The van der Waals surface area contributed by atoms with Crippen LogP contribution in [0, 0.1) is 5.92 Å². The third-order valence-electron chi connectivity index (χ3n) is 3.48. The van der Waals surface area contributed by atoms with Crippen molar-refractivity contribution in [3.05, 3.63) is 5.92 Å². The van der Waals surface area contributed by atoms with Crippen LogP contribution in [0.1, 0.15) is 77.6 Å². The van der Waals surface area contributed by atoms with Gasteiger partial charge in [-0.3, -0.25) is 4.79 Å². The molecule has 0 unspecified atom stereocenters. The molecule has 0 aliphatic heterocycles. The fourth-order valence-electron chi connectivity index (χ4n) is 2.33. The van der Waals surface area contributed by atoms with Crippen LogP contribution in [0.2, 0.25) is 0 Å². The Balaban J connectivity index is 1.92. The Kier molecular flexibility index (Phi) is 8.12. The van der Waals surface area contributed by atoms with Crippen LogP contribution in [0.15, 0.2) is 0 Å². The lowest BCUT2D eigenvalue weighted by Crippen LogP contribution is -2.18. The first-order valence-corrected chi connectivity index (χ1v) is 7.36. The second-order valence-corrected chi connectivity index (χ2v) is 5.07. The highest BCUT2D eigenvalue weighted by atomic mass is 16.5. The maximum atomic E-state index is 11.7. The van der Waals surface area contributed by atoms with Crippen molar-refractivity contribution in [2.24, 2.45) is 0 Å². The van der Waals surface area contributed by atoms with E-state index < -0.39 is 0 Å². The number of ether oxygens (including phenoxy) is 1. The predicted octanol–water partition coefficient (Wildman–Crippen LogP) is 4.43. The van der Waals surface area contributed by atoms with Gasteiger partial charge >= 0.3 is 5.97 Å². The molecule has 0 heterocycles. The zero-order valence-corrected chi connectivity index (χ0v) is 11.3. The highest BCUT2D eigenvalue weighted by Crippen LogP contribution is 2.26. The molecule has 2 heteroatoms. The van der Waals surface area contributed by atoms with E-state index in [9.17, 15) is 4.79 Å². The van der Waals surface area contributed by atoms with E-state index in [1.54, 1.807) is 0 Å². The summed E-state index contributed by atoms with van der Waals surface area (Å²) in [5, 5.41) is 0. The average Bonchev–Trinajstić information content (AvgIpc) is 2.38. The van der Waals surface area contributed by atoms with Crippen LogP contribution in [-0.4, -0.2) is 12.6 Å². The van der Waals surface area contributed by atoms with Gasteiger partial charge in [-0.1, -0.05) is 58.3 Å². The number of unbranched alkanes of at least 4 members (excludes halogenated alkanes) is 5. The van der Waals surface area contributed by atoms with Gasteiger partial charge in [-0.15, -0.1) is 0 Å². The summed E-state index contributed by atoms with van der Waals surface area (Å²) < 4.78 is 5.31. The zero-order chi connectivity index (χ0) is 12.3. The summed E-state index contributed by atoms with van der Waals surface area (Å²) in [6.45, 7) is 2.84. The predicted molar refractivity (Wildman–Crippen MR) is 70.7 cm³/mol. The van der Waals surface area contributed by atoms with Gasteiger partial charge < -0.3 is 4.74 Å². The van der Waals surface area contributed by atoms with Gasteiger partial charge in [0.25, 0.3) is 0 Å². The normalized spacial score (nSPS) is 17.0. The van der Waals surface area contributed by atoms with Crippen LogP contribution in [0.3, 0.4) is 0 Å². The molecule has 1 radical (unpaired) electrons. The molecule has 0 atom stereocenters. The van der Waals surface area contributed by atoms with E-state index in [1.165, 1.54) is 51.4 Å². The topological polar surface area (TPSA) is 26.3 Å². The van der Waals surface area contributed by atoms with E-state index in [0.717, 1.165) is 25.2 Å². The Hall–Kier alpha value is -0.530. The minimum absolute atomic E-state index is 0.0155. The van der Waals surface area contributed by atoms with Crippen LogP contribution in [-0.2, 0) is 9.53 Å². The molecule has 0 aromatic carbocycles. The fraction of sp³-hybridized carbons (Fsp3) is 0.867. The molecule has 0 aromatic heterocycles. The summed E-state index contributed by atoms with van der Waals surface area (Å²) in [6, 6.07) is 0. The number of hydrogen-bond acceptors (Lipinski definition) is 2. The van der Waals surface area contributed by atoms with Gasteiger partial charge in [0, 0.05) is 0 Å². The molecular weight excluding hydrogens is 212 g/mol. The van der Waals surface area contributed by atoms with Gasteiger partial charge in [0.05, 0.1) is 12.5 Å². The van der Waals surface area contributed by atoms with E-state index in [-0.39, 0.29) is 5.97 Å². The maximum absolute atomic E-state index is 11.7. The minimum Gasteiger partial charge on any atom is -0.465 e. The smallest absolute Gasteiger partial charge is 0.313 e. The third-order valence-corrected chi connectivity index (χ3v) is 3.48. The highest BCUT2D eigenvalue weighted by Gasteiger charge is 2.22. The molecule has 0 N–H and O–H groups in total. The highest BCUT2D eigenvalue weighted by molar-refractivity contribution is 5.84. The van der Waals surface area contributed by atoms with E-state index in [1.807, 2.05) is 0 Å². The number of carbonyl (C=O) groups excluding carboxylic acids is 1. The fourth-order valence-corrected chi connectivity index (χ4v) is 2.33. The summed E-state index contributed by atoms with van der Waals surface area (Å²) in [5.74, 6) is 1.01. The zero-order valence-electron chi connectivity index (χ0n) is 11.3. The van der Waals surface area contributed by atoms with Crippen molar-refractivity contribution >= 4 is 5.97 Å². The van der Waals surface area contributed by atoms with Gasteiger partial charge in [-0.2, -0.15) is 0 Å². The molecule has 0 spiro atoms. The average molecular weight is 239 g/mol. The van der Waals surface area contributed by atoms with Crippen molar-refractivity contribution in [1.82, 2.24) is 0 Å². The minimum atomic E-state index is -0.0155. The second kappa shape index (κ2) is 9.49. The van der Waals surface area contributed by atoms with Crippen molar-refractivity contribution in [1.29, 1.82) is 0 Å². The van der Waals surface area contributed by atoms with Crippen LogP contribution >= 0.6 is 0 Å². The lowest BCUT2D eigenvalue weighted by atomic mass is 9.89. The molecule has 0 bridgehead atoms. The van der Waals surface area contributed by atoms with E-state index >= 15 is 0 Å². The van der Waals surface area contributed by atoms with E-state index in [4.69, 9.17) is 4.74 Å². The molecule has 1 aliphatic rings. The summed E-state index contributed by atoms with van der Waals surface area (Å²) in [5.41, 5.74) is 0. The van der Waals surface area contributed by atoms with Gasteiger partial charge in [0.1, 0.15) is 0 Å². The summed E-state index contributed by atoms with van der Waals surface area (Å²) >= 11 is 0. The molecule has 0 amide bonds. The first-order chi connectivity index (χ1) is 8.34. The molecule has 0 aromatic rings. The van der Waals surface area contributed by atoms with E-state index in [0.29, 0.717) is 6.61 Å². The third kappa shape index (κ3) is 6.70. The van der Waals surface area contributed by atoms with Crippen LogP contribution in [0.25, 0.3) is 0 Å². The summed E-state index contributed by atoms with van der Waals surface area (Å²) in [7, 11) is 0. The Morgan fingerprint density at radius 3 is 2.35 bits per heavy atom. The monoisotopic (exact) mass is 239 g/mol. The largest absolute Gasteiger partial charge is 0.465 e. The number of rotatable bonds is 8. The van der Waals surface area contributed by atoms with E-state index in [2.05, 4.69) is 6.92 Å². The summed E-state index contributed by atoms with van der Waals surface area (Å²) in [6.07, 6.45) is 13.0. The molecule has 2 nitrogen and oxygen atoms in total.